The van der Waals surface area contributed by atoms with Gasteiger partial charge in [-0.3, -0.25) is 0 Å². The first-order valence-electron chi connectivity index (χ1n) is 7.68. The topological polar surface area (TPSA) is 82.2 Å². The Balaban J connectivity index is -0.000000230. The molecule has 2 heterocycles. The van der Waals surface area contributed by atoms with Crippen LogP contribution in [-0.4, -0.2) is 36.4 Å². The fraction of sp³-hybridized carbons (Fsp3) is 0.625. The van der Waals surface area contributed by atoms with E-state index in [1.165, 1.54) is 0 Å². The third-order valence-corrected chi connectivity index (χ3v) is 2.07. The molecule has 0 fully saturated rings. The van der Waals surface area contributed by atoms with Gasteiger partial charge in [-0.1, -0.05) is 38.8 Å². The molecule has 0 spiro atoms. The van der Waals surface area contributed by atoms with Crippen LogP contribution >= 0.6 is 0 Å². The molecule has 0 aromatic carbocycles. The van der Waals surface area contributed by atoms with Crippen LogP contribution in [0, 0.1) is 13.8 Å². The van der Waals surface area contributed by atoms with Gasteiger partial charge < -0.3 is 31.0 Å². The summed E-state index contributed by atoms with van der Waals surface area (Å²) in [6.07, 6.45) is 6.89. The number of aryl methyl sites for hydroxylation is 2. The van der Waals surface area contributed by atoms with Gasteiger partial charge in [0.2, 0.25) is 0 Å². The van der Waals surface area contributed by atoms with Crippen LogP contribution < -0.4 is 10.2 Å². The molecule has 0 saturated carbocycles. The molecule has 2 rings (SSSR count). The molecule has 6 nitrogen and oxygen atoms in total. The Morgan fingerprint density at radius 2 is 1.04 bits per heavy atom. The normalized spacial score (nSPS) is 8.26. The number of hydrogen-bond acceptors (Lipinski definition) is 2. The summed E-state index contributed by atoms with van der Waals surface area (Å²) in [6.45, 7) is 16.0. The number of rotatable bonds is 4. The molecule has 0 N–H and O–H groups in total. The van der Waals surface area contributed by atoms with Crippen molar-refractivity contribution in [1.82, 2.24) is 20.4 Å². The Kier molecular flexibility index (Phi) is 27.3. The molecule has 0 unspecified atom stereocenters. The summed E-state index contributed by atoms with van der Waals surface area (Å²) in [6, 6.07) is 0. The zero-order valence-electron chi connectivity index (χ0n) is 15.3. The van der Waals surface area contributed by atoms with Crippen LogP contribution in [-0.2, 0) is 21.7 Å². The standard InChI is InChI=1S/2C4H5N2.2C4H10N.Ti/c2*1-4-2-5-6-3-4;2*1-3-5-4-2;/h2*2-3H,1H3;2*3-4H2,1-2H3;/q4*-1;+4. The van der Waals surface area contributed by atoms with Crippen molar-refractivity contribution in [3.05, 3.63) is 46.5 Å². The fourth-order valence-corrected chi connectivity index (χ4v) is 1.01. The van der Waals surface area contributed by atoms with E-state index in [1.807, 2.05) is 41.5 Å². The largest absolute Gasteiger partial charge is 4.00 e. The van der Waals surface area contributed by atoms with E-state index in [0.29, 0.717) is 0 Å². The molecule has 0 atom stereocenters. The van der Waals surface area contributed by atoms with Crippen LogP contribution in [0.1, 0.15) is 38.8 Å². The first kappa shape index (κ1) is 26.9. The minimum atomic E-state index is 0. The van der Waals surface area contributed by atoms with E-state index in [-0.39, 0.29) is 21.7 Å². The second kappa shape index (κ2) is 23.3. The first-order valence-corrected chi connectivity index (χ1v) is 7.68. The van der Waals surface area contributed by atoms with Crippen LogP contribution in [0.5, 0.6) is 0 Å². The maximum atomic E-state index is 3.97. The molecule has 2 aromatic rings. The van der Waals surface area contributed by atoms with Gasteiger partial charge in [-0.05, 0) is 13.8 Å². The van der Waals surface area contributed by atoms with Crippen LogP contribution in [0.25, 0.3) is 10.6 Å². The zero-order chi connectivity index (χ0) is 17.1. The summed E-state index contributed by atoms with van der Waals surface area (Å²) < 4.78 is 0. The molecule has 0 aliphatic heterocycles. The molecular weight excluding hydrogens is 324 g/mol. The van der Waals surface area contributed by atoms with Crippen molar-refractivity contribution < 1.29 is 21.7 Å². The van der Waals surface area contributed by atoms with E-state index >= 15 is 0 Å². The second-order valence-corrected chi connectivity index (χ2v) is 4.18. The van der Waals surface area contributed by atoms with Crippen molar-refractivity contribution in [2.24, 2.45) is 0 Å². The predicted octanol–water partition coefficient (Wildman–Crippen LogP) is 3.49. The molecule has 0 radical (unpaired) electrons. The SMILES string of the molecule is CC[N-]CC.CC[N-]CC.Cc1cn[n-]c1.Cc1cn[n-]c1.[Ti+4]. The molecular formula is C16H30N6Ti. The molecule has 7 heteroatoms. The van der Waals surface area contributed by atoms with E-state index in [2.05, 4.69) is 31.0 Å². The third kappa shape index (κ3) is 26.3. The van der Waals surface area contributed by atoms with E-state index in [4.69, 9.17) is 0 Å². The molecule has 0 bridgehead atoms. The minimum absolute atomic E-state index is 0. The Morgan fingerprint density at radius 1 is 0.739 bits per heavy atom. The number of nitrogens with zero attached hydrogens (tertiary/aromatic N) is 6. The van der Waals surface area contributed by atoms with Gasteiger partial charge in [0.1, 0.15) is 0 Å². The smallest absolute Gasteiger partial charge is 0.663 e. The van der Waals surface area contributed by atoms with Crippen molar-refractivity contribution in [3.63, 3.8) is 0 Å². The summed E-state index contributed by atoms with van der Waals surface area (Å²) in [5.74, 6) is 0. The van der Waals surface area contributed by atoms with Gasteiger partial charge in [-0.2, -0.15) is 38.6 Å². The van der Waals surface area contributed by atoms with Crippen LogP contribution in [0.4, 0.5) is 0 Å². The van der Waals surface area contributed by atoms with Crippen LogP contribution in [0.15, 0.2) is 24.8 Å². The molecule has 23 heavy (non-hydrogen) atoms. The van der Waals surface area contributed by atoms with E-state index in [1.54, 1.807) is 24.8 Å². The Bertz CT molecular complexity index is 333. The monoisotopic (exact) mass is 354 g/mol. The van der Waals surface area contributed by atoms with Crippen LogP contribution in [0.3, 0.4) is 0 Å². The van der Waals surface area contributed by atoms with Crippen molar-refractivity contribution in [1.29, 1.82) is 0 Å². The molecule has 0 aliphatic rings. The Labute approximate surface area is 156 Å². The molecule has 2 aromatic heterocycles. The number of hydrogen-bond donors (Lipinski definition) is 0. The van der Waals surface area contributed by atoms with Gasteiger partial charge >= 0.3 is 21.7 Å². The second-order valence-electron chi connectivity index (χ2n) is 4.18. The summed E-state index contributed by atoms with van der Waals surface area (Å²) in [7, 11) is 0. The minimum Gasteiger partial charge on any atom is -0.663 e. The third-order valence-electron chi connectivity index (χ3n) is 2.07. The Morgan fingerprint density at radius 3 is 1.09 bits per heavy atom. The average molecular weight is 354 g/mol. The zero-order valence-corrected chi connectivity index (χ0v) is 16.9. The van der Waals surface area contributed by atoms with Crippen molar-refractivity contribution in [2.75, 3.05) is 26.2 Å². The summed E-state index contributed by atoms with van der Waals surface area (Å²) in [4.78, 5) is 0. The molecule has 0 amide bonds. The van der Waals surface area contributed by atoms with Gasteiger partial charge in [0, 0.05) is 12.4 Å². The van der Waals surface area contributed by atoms with Gasteiger partial charge in [-0.25, -0.2) is 0 Å². The van der Waals surface area contributed by atoms with Crippen LogP contribution in [0.2, 0.25) is 0 Å². The Hall–Kier alpha value is -0.946. The van der Waals surface area contributed by atoms with Gasteiger partial charge in [-0.15, -0.1) is 0 Å². The first-order chi connectivity index (χ1) is 10.6. The van der Waals surface area contributed by atoms with Crippen molar-refractivity contribution in [3.8, 4) is 0 Å². The van der Waals surface area contributed by atoms with Gasteiger partial charge in [0.25, 0.3) is 0 Å². The maximum absolute atomic E-state index is 3.97. The predicted molar refractivity (Wildman–Crippen MR) is 93.5 cm³/mol. The van der Waals surface area contributed by atoms with Crippen molar-refractivity contribution >= 4 is 0 Å². The van der Waals surface area contributed by atoms with Crippen molar-refractivity contribution in [2.45, 2.75) is 41.5 Å². The summed E-state index contributed by atoms with van der Waals surface area (Å²) in [5, 5.41) is 22.2. The van der Waals surface area contributed by atoms with Gasteiger partial charge in [0.15, 0.2) is 0 Å². The summed E-state index contributed by atoms with van der Waals surface area (Å²) >= 11 is 0. The number of aromatic nitrogens is 4. The average Bonchev–Trinajstić information content (AvgIpc) is 3.16. The van der Waals surface area contributed by atoms with E-state index in [9.17, 15) is 0 Å². The maximum Gasteiger partial charge on any atom is 4.00 e. The summed E-state index contributed by atoms with van der Waals surface area (Å²) in [5.41, 5.74) is 2.24. The van der Waals surface area contributed by atoms with Gasteiger partial charge in [0.05, 0.1) is 0 Å². The fourth-order valence-electron chi connectivity index (χ4n) is 1.01. The quantitative estimate of drug-likeness (QED) is 0.787. The molecule has 0 saturated heterocycles. The molecule has 128 valence electrons. The van der Waals surface area contributed by atoms with E-state index in [0.717, 1.165) is 37.3 Å². The molecule has 0 aliphatic carbocycles. The van der Waals surface area contributed by atoms with E-state index < -0.39 is 0 Å².